The van der Waals surface area contributed by atoms with E-state index in [2.05, 4.69) is 34.3 Å². The van der Waals surface area contributed by atoms with Gasteiger partial charge in [0.15, 0.2) is 0 Å². The van der Waals surface area contributed by atoms with E-state index in [0.29, 0.717) is 12.1 Å². The van der Waals surface area contributed by atoms with Gasteiger partial charge in [-0.3, -0.25) is 0 Å². The summed E-state index contributed by atoms with van der Waals surface area (Å²) in [6.45, 7) is 8.49. The lowest BCUT2D eigenvalue weighted by molar-refractivity contribution is -0.166. The fraction of sp³-hybridized carbons (Fsp3) is 0.684. The van der Waals surface area contributed by atoms with Crippen molar-refractivity contribution in [3.8, 4) is 0 Å². The molecule has 1 aliphatic heterocycles. The zero-order valence-electron chi connectivity index (χ0n) is 16.0. The molecule has 0 aromatic heterocycles. The first-order chi connectivity index (χ1) is 12.8. The highest BCUT2D eigenvalue weighted by Gasteiger charge is 2.65. The normalized spacial score (nSPS) is 16.7. The van der Waals surface area contributed by atoms with Crippen molar-refractivity contribution in [3.05, 3.63) is 35.4 Å². The van der Waals surface area contributed by atoms with Gasteiger partial charge in [0, 0.05) is 25.2 Å². The lowest BCUT2D eigenvalue weighted by atomic mass is 9.99. The smallest absolute Gasteiger partial charge is 0.387 e. The molecule has 5 nitrogen and oxygen atoms in total. The Morgan fingerprint density at radius 2 is 1.74 bits per heavy atom. The summed E-state index contributed by atoms with van der Waals surface area (Å²) in [6, 6.07) is 5.67. The van der Waals surface area contributed by atoms with Crippen LogP contribution in [0.4, 0.5) is 13.2 Å². The van der Waals surface area contributed by atoms with Gasteiger partial charge in [-0.25, -0.2) is 0 Å². The molecule has 0 bridgehead atoms. The van der Waals surface area contributed by atoms with Crippen LogP contribution in [0.2, 0.25) is 0 Å². The molecule has 1 atom stereocenters. The van der Waals surface area contributed by atoms with E-state index < -0.39 is 17.9 Å². The van der Waals surface area contributed by atoms with Gasteiger partial charge in [0.25, 0.3) is 0 Å². The molecule has 1 heterocycles. The van der Waals surface area contributed by atoms with E-state index in [0.717, 1.165) is 32.6 Å². The number of unbranched alkanes of at least 4 members (excludes halogenated alkanes) is 1. The summed E-state index contributed by atoms with van der Waals surface area (Å²) in [6.07, 6.45) is -1.86. The third kappa shape index (κ3) is 5.73. The molecule has 0 fully saturated rings. The Hall–Kier alpha value is -1.51. The first-order valence-electron chi connectivity index (χ1n) is 9.56. The predicted molar refractivity (Wildman–Crippen MR) is 98.5 cm³/mol. The van der Waals surface area contributed by atoms with Crippen LogP contribution in [0.1, 0.15) is 50.3 Å². The highest BCUT2D eigenvalue weighted by Crippen LogP contribution is 2.52. The highest BCUT2D eigenvalue weighted by atomic mass is 19.4. The molecular formula is C19H29F3N4O. The molecule has 27 heavy (non-hydrogen) atoms. The molecule has 152 valence electrons. The van der Waals surface area contributed by atoms with Crippen LogP contribution in [0.15, 0.2) is 34.5 Å². The molecule has 0 saturated heterocycles. The molecule has 2 rings (SSSR count). The summed E-state index contributed by atoms with van der Waals surface area (Å²) < 4.78 is 39.0. The largest absolute Gasteiger partial charge is 0.442 e. The number of halogens is 3. The van der Waals surface area contributed by atoms with Crippen LogP contribution < -0.4 is 5.32 Å². The maximum Gasteiger partial charge on any atom is 0.442 e. The van der Waals surface area contributed by atoms with Crippen LogP contribution in [-0.4, -0.2) is 48.9 Å². The predicted octanol–water partition coefficient (Wildman–Crippen LogP) is 4.00. The quantitative estimate of drug-likeness (QED) is 0.534. The topological polar surface area (TPSA) is 60.2 Å². The third-order valence-electron chi connectivity index (χ3n) is 4.70. The summed E-state index contributed by atoms with van der Waals surface area (Å²) in [5, 5.41) is 19.8. The van der Waals surface area contributed by atoms with Crippen molar-refractivity contribution in [2.24, 2.45) is 10.2 Å². The number of benzene rings is 1. The van der Waals surface area contributed by atoms with Gasteiger partial charge in [0.1, 0.15) is 0 Å². The minimum Gasteiger partial charge on any atom is -0.387 e. The van der Waals surface area contributed by atoms with Crippen molar-refractivity contribution < 1.29 is 18.3 Å². The van der Waals surface area contributed by atoms with E-state index in [1.807, 2.05) is 0 Å². The summed E-state index contributed by atoms with van der Waals surface area (Å²) in [7, 11) is 0. The van der Waals surface area contributed by atoms with Crippen LogP contribution in [0, 0.1) is 0 Å². The molecule has 1 unspecified atom stereocenters. The van der Waals surface area contributed by atoms with Crippen LogP contribution in [0.25, 0.3) is 0 Å². The molecule has 8 heteroatoms. The van der Waals surface area contributed by atoms with Crippen LogP contribution in [0.3, 0.4) is 0 Å². The summed E-state index contributed by atoms with van der Waals surface area (Å²) >= 11 is 0. The molecule has 1 aliphatic rings. The number of alkyl halides is 3. The first-order valence-corrected chi connectivity index (χ1v) is 9.56. The van der Waals surface area contributed by atoms with Crippen LogP contribution in [-0.2, 0) is 5.66 Å². The number of nitrogens with one attached hydrogen (secondary N) is 1. The first kappa shape index (κ1) is 21.8. The molecule has 0 amide bonds. The minimum atomic E-state index is -4.53. The molecule has 1 aromatic rings. The van der Waals surface area contributed by atoms with Crippen LogP contribution >= 0.6 is 0 Å². The van der Waals surface area contributed by atoms with E-state index in [1.54, 1.807) is 0 Å². The van der Waals surface area contributed by atoms with E-state index in [1.165, 1.54) is 37.1 Å². The van der Waals surface area contributed by atoms with Crippen molar-refractivity contribution in [1.82, 2.24) is 10.2 Å². The second-order valence-electron chi connectivity index (χ2n) is 6.91. The van der Waals surface area contributed by atoms with Gasteiger partial charge in [-0.05, 0) is 31.5 Å². The van der Waals surface area contributed by atoms with Crippen molar-refractivity contribution in [2.45, 2.75) is 51.1 Å². The van der Waals surface area contributed by atoms with Gasteiger partial charge >= 0.3 is 11.8 Å². The van der Waals surface area contributed by atoms with E-state index >= 15 is 0 Å². The fourth-order valence-corrected chi connectivity index (χ4v) is 3.01. The Kier molecular flexibility index (Phi) is 7.76. The van der Waals surface area contributed by atoms with Gasteiger partial charge in [0.05, 0.1) is 6.10 Å². The Labute approximate surface area is 158 Å². The average Bonchev–Trinajstić information content (AvgIpc) is 3.45. The van der Waals surface area contributed by atoms with Crippen molar-refractivity contribution in [2.75, 3.05) is 32.7 Å². The van der Waals surface area contributed by atoms with Gasteiger partial charge in [0.2, 0.25) is 0 Å². The number of aliphatic hydroxyl groups excluding tert-OH is 1. The SMILES string of the molecule is CCCCN(CCC)CCNCC(O)c1ccc(C2(C(F)(F)F)N=N2)cc1. The second-order valence-corrected chi connectivity index (χ2v) is 6.91. The molecular weight excluding hydrogens is 357 g/mol. The van der Waals surface area contributed by atoms with Crippen molar-refractivity contribution in [1.29, 1.82) is 0 Å². The van der Waals surface area contributed by atoms with Gasteiger partial charge in [-0.15, -0.1) is 10.2 Å². The lowest BCUT2D eigenvalue weighted by Gasteiger charge is -2.22. The average molecular weight is 386 g/mol. The van der Waals surface area contributed by atoms with E-state index in [4.69, 9.17) is 0 Å². The maximum atomic E-state index is 13.0. The molecule has 1 aromatic carbocycles. The summed E-state index contributed by atoms with van der Waals surface area (Å²) in [5.74, 6) is 0. The molecule has 0 radical (unpaired) electrons. The third-order valence-corrected chi connectivity index (χ3v) is 4.70. The molecule has 0 saturated carbocycles. The van der Waals surface area contributed by atoms with Crippen LogP contribution in [0.5, 0.6) is 0 Å². The molecule has 2 N–H and O–H groups in total. The Bertz CT molecular complexity index is 598. The van der Waals surface area contributed by atoms with Crippen molar-refractivity contribution >= 4 is 0 Å². The Balaban J connectivity index is 1.78. The number of rotatable bonds is 12. The second kappa shape index (κ2) is 9.61. The standard InChI is InChI=1S/C19H29F3N4O/c1-3-5-12-26(11-4-2)13-10-23-14-17(27)15-6-8-16(9-7-15)18(24-25-18)19(20,21)22/h6-9,17,23,27H,3-5,10-14H2,1-2H3. The zero-order chi connectivity index (χ0) is 19.9. The van der Waals surface area contributed by atoms with E-state index in [-0.39, 0.29) is 5.56 Å². The lowest BCUT2D eigenvalue weighted by Crippen LogP contribution is -2.35. The molecule has 0 aliphatic carbocycles. The summed E-state index contributed by atoms with van der Waals surface area (Å²) in [5.41, 5.74) is -1.86. The number of hydrogen-bond acceptors (Lipinski definition) is 5. The van der Waals surface area contributed by atoms with Crippen molar-refractivity contribution in [3.63, 3.8) is 0 Å². The minimum absolute atomic E-state index is 0.0231. The Morgan fingerprint density at radius 3 is 2.26 bits per heavy atom. The summed E-state index contributed by atoms with van der Waals surface area (Å²) in [4.78, 5) is 2.40. The van der Waals surface area contributed by atoms with E-state index in [9.17, 15) is 18.3 Å². The molecule has 0 spiro atoms. The maximum absolute atomic E-state index is 13.0. The van der Waals surface area contributed by atoms with Gasteiger partial charge in [-0.2, -0.15) is 13.2 Å². The highest BCUT2D eigenvalue weighted by molar-refractivity contribution is 5.33. The zero-order valence-corrected chi connectivity index (χ0v) is 16.0. The fourth-order valence-electron chi connectivity index (χ4n) is 3.01. The van der Waals surface area contributed by atoms with Gasteiger partial charge < -0.3 is 15.3 Å². The Morgan fingerprint density at radius 1 is 1.07 bits per heavy atom. The number of hydrogen-bond donors (Lipinski definition) is 2. The number of nitrogens with zero attached hydrogens (tertiary/aromatic N) is 3. The van der Waals surface area contributed by atoms with Gasteiger partial charge in [-0.1, -0.05) is 44.5 Å². The monoisotopic (exact) mass is 386 g/mol. The number of aliphatic hydroxyl groups is 1.